The molecule has 23 heavy (non-hydrogen) atoms. The maximum Gasteiger partial charge on any atom is 0.177 e. The summed E-state index contributed by atoms with van der Waals surface area (Å²) in [5.41, 5.74) is 0.891. The van der Waals surface area contributed by atoms with E-state index in [1.54, 1.807) is 17.7 Å². The molecule has 2 heterocycles. The molecule has 6 nitrogen and oxygen atoms in total. The normalized spacial score (nSPS) is 11.6. The molecule has 0 saturated carbocycles. The van der Waals surface area contributed by atoms with E-state index in [0.717, 1.165) is 16.3 Å². The highest BCUT2D eigenvalue weighted by molar-refractivity contribution is 9.10. The summed E-state index contributed by atoms with van der Waals surface area (Å²) in [4.78, 5) is 8.81. The first-order valence-corrected chi connectivity index (χ1v) is 9.39. The van der Waals surface area contributed by atoms with Gasteiger partial charge in [-0.15, -0.1) is 5.10 Å². The number of pyridine rings is 1. The number of rotatable bonds is 3. The number of benzene rings is 1. The van der Waals surface area contributed by atoms with Crippen LogP contribution >= 0.6 is 15.9 Å². The van der Waals surface area contributed by atoms with E-state index in [1.165, 1.54) is 12.3 Å². The van der Waals surface area contributed by atoms with Gasteiger partial charge in [-0.1, -0.05) is 28.1 Å². The predicted octanol–water partition coefficient (Wildman–Crippen LogP) is 2.80. The van der Waals surface area contributed by atoms with Crippen LogP contribution in [-0.4, -0.2) is 34.4 Å². The fourth-order valence-corrected chi connectivity index (χ4v) is 2.90. The van der Waals surface area contributed by atoms with Crippen LogP contribution in [0, 0.1) is 6.92 Å². The summed E-state index contributed by atoms with van der Waals surface area (Å²) in [7, 11) is -3.28. The van der Waals surface area contributed by atoms with E-state index in [4.69, 9.17) is 0 Å². The van der Waals surface area contributed by atoms with Gasteiger partial charge in [0.2, 0.25) is 0 Å². The SMILES string of the molecule is Cc1nc(-c2ccc(Br)cc2)n(-c2ccc(S(C)(=O)=O)cn2)n1. The summed E-state index contributed by atoms with van der Waals surface area (Å²) in [6, 6.07) is 10.8. The third kappa shape index (κ3) is 3.32. The molecular weight excluding hydrogens is 380 g/mol. The molecule has 0 radical (unpaired) electrons. The van der Waals surface area contributed by atoms with E-state index < -0.39 is 9.84 Å². The van der Waals surface area contributed by atoms with E-state index in [0.29, 0.717) is 17.5 Å². The smallest absolute Gasteiger partial charge is 0.177 e. The molecule has 0 N–H and O–H groups in total. The number of sulfone groups is 1. The van der Waals surface area contributed by atoms with Crippen molar-refractivity contribution in [1.29, 1.82) is 0 Å². The topological polar surface area (TPSA) is 77.7 Å². The summed E-state index contributed by atoms with van der Waals surface area (Å²) < 4.78 is 25.6. The zero-order chi connectivity index (χ0) is 16.6. The number of nitrogens with zero attached hydrogens (tertiary/aromatic N) is 4. The van der Waals surface area contributed by atoms with Gasteiger partial charge in [-0.05, 0) is 31.2 Å². The molecule has 8 heteroatoms. The van der Waals surface area contributed by atoms with Gasteiger partial charge >= 0.3 is 0 Å². The van der Waals surface area contributed by atoms with Crippen LogP contribution in [0.3, 0.4) is 0 Å². The summed E-state index contributed by atoms with van der Waals surface area (Å²) in [6.45, 7) is 1.80. The fraction of sp³-hybridized carbons (Fsp3) is 0.133. The van der Waals surface area contributed by atoms with E-state index >= 15 is 0 Å². The van der Waals surface area contributed by atoms with Gasteiger partial charge in [0.15, 0.2) is 21.5 Å². The van der Waals surface area contributed by atoms with Gasteiger partial charge in [-0.2, -0.15) is 4.68 Å². The zero-order valence-corrected chi connectivity index (χ0v) is 14.8. The van der Waals surface area contributed by atoms with Crippen molar-refractivity contribution in [1.82, 2.24) is 19.7 Å². The number of aromatic nitrogens is 4. The molecule has 118 valence electrons. The molecule has 0 fully saturated rings. The number of hydrogen-bond donors (Lipinski definition) is 0. The summed E-state index contributed by atoms with van der Waals surface area (Å²) >= 11 is 3.40. The minimum atomic E-state index is -3.28. The molecule has 0 aliphatic rings. The Morgan fingerprint density at radius 1 is 1.09 bits per heavy atom. The molecular formula is C15H13BrN4O2S. The highest BCUT2D eigenvalue weighted by Gasteiger charge is 2.14. The van der Waals surface area contributed by atoms with E-state index in [1.807, 2.05) is 24.3 Å². The van der Waals surface area contributed by atoms with Crippen molar-refractivity contribution in [2.24, 2.45) is 0 Å². The molecule has 0 atom stereocenters. The van der Waals surface area contributed by atoms with Crippen molar-refractivity contribution < 1.29 is 8.42 Å². The Morgan fingerprint density at radius 2 is 1.78 bits per heavy atom. The predicted molar refractivity (Wildman–Crippen MR) is 90.1 cm³/mol. The molecule has 0 unspecified atom stereocenters. The molecule has 0 spiro atoms. The molecule has 0 aliphatic carbocycles. The van der Waals surface area contributed by atoms with Gasteiger partial charge in [0.05, 0.1) is 4.90 Å². The van der Waals surface area contributed by atoms with Crippen LogP contribution < -0.4 is 0 Å². The zero-order valence-electron chi connectivity index (χ0n) is 12.4. The number of aryl methyl sites for hydroxylation is 1. The lowest BCUT2D eigenvalue weighted by molar-refractivity contribution is 0.601. The van der Waals surface area contributed by atoms with Crippen LogP contribution in [0.4, 0.5) is 0 Å². The molecule has 0 bridgehead atoms. The Morgan fingerprint density at radius 3 is 2.35 bits per heavy atom. The average molecular weight is 393 g/mol. The molecule has 3 rings (SSSR count). The quantitative estimate of drug-likeness (QED) is 0.684. The summed E-state index contributed by atoms with van der Waals surface area (Å²) in [5, 5.41) is 4.35. The highest BCUT2D eigenvalue weighted by Crippen LogP contribution is 2.22. The van der Waals surface area contributed by atoms with Crippen LogP contribution in [0.25, 0.3) is 17.2 Å². The minimum Gasteiger partial charge on any atom is -0.236 e. The Labute approximate surface area is 142 Å². The second kappa shape index (κ2) is 5.86. The highest BCUT2D eigenvalue weighted by atomic mass is 79.9. The van der Waals surface area contributed by atoms with Crippen LogP contribution in [0.2, 0.25) is 0 Å². The van der Waals surface area contributed by atoms with Crippen LogP contribution in [0.1, 0.15) is 5.82 Å². The van der Waals surface area contributed by atoms with Crippen molar-refractivity contribution in [2.45, 2.75) is 11.8 Å². The third-order valence-corrected chi connectivity index (χ3v) is 4.81. The van der Waals surface area contributed by atoms with Crippen molar-refractivity contribution >= 4 is 25.8 Å². The average Bonchev–Trinajstić information content (AvgIpc) is 2.89. The van der Waals surface area contributed by atoms with Gasteiger partial charge in [0.25, 0.3) is 0 Å². The van der Waals surface area contributed by atoms with Gasteiger partial charge < -0.3 is 0 Å². The summed E-state index contributed by atoms with van der Waals surface area (Å²) in [6.07, 6.45) is 2.48. The molecule has 0 saturated heterocycles. The fourth-order valence-electron chi connectivity index (χ4n) is 2.08. The first-order chi connectivity index (χ1) is 10.8. The second-order valence-electron chi connectivity index (χ2n) is 5.03. The molecule has 3 aromatic rings. The lowest BCUT2D eigenvalue weighted by atomic mass is 10.2. The summed E-state index contributed by atoms with van der Waals surface area (Å²) in [5.74, 6) is 1.77. The van der Waals surface area contributed by atoms with E-state index in [2.05, 4.69) is 31.0 Å². The maximum atomic E-state index is 11.5. The second-order valence-corrected chi connectivity index (χ2v) is 7.96. The lowest BCUT2D eigenvalue weighted by Crippen LogP contribution is -2.04. The lowest BCUT2D eigenvalue weighted by Gasteiger charge is -2.06. The molecule has 1 aromatic carbocycles. The van der Waals surface area contributed by atoms with Gasteiger partial charge in [-0.3, -0.25) is 0 Å². The van der Waals surface area contributed by atoms with Crippen molar-refractivity contribution in [2.75, 3.05) is 6.26 Å². The van der Waals surface area contributed by atoms with Crippen molar-refractivity contribution in [3.8, 4) is 17.2 Å². The Bertz CT molecular complexity index is 948. The van der Waals surface area contributed by atoms with Gasteiger partial charge in [-0.25, -0.2) is 18.4 Å². The molecule has 0 amide bonds. The third-order valence-electron chi connectivity index (χ3n) is 3.18. The van der Waals surface area contributed by atoms with Gasteiger partial charge in [0, 0.05) is 22.5 Å². The van der Waals surface area contributed by atoms with Crippen molar-refractivity contribution in [3.05, 3.63) is 52.9 Å². The van der Waals surface area contributed by atoms with Crippen LogP contribution in [0.5, 0.6) is 0 Å². The van der Waals surface area contributed by atoms with Crippen molar-refractivity contribution in [3.63, 3.8) is 0 Å². The van der Waals surface area contributed by atoms with E-state index in [-0.39, 0.29) is 4.90 Å². The molecule has 0 aliphatic heterocycles. The standard InChI is InChI=1S/C15H13BrN4O2S/c1-10-18-15(11-3-5-12(16)6-4-11)20(19-10)14-8-7-13(9-17-14)23(2,21)22/h3-9H,1-2H3. The Kier molecular flexibility index (Phi) is 4.03. The minimum absolute atomic E-state index is 0.170. The Balaban J connectivity index is 2.09. The van der Waals surface area contributed by atoms with Crippen LogP contribution in [-0.2, 0) is 9.84 Å². The first-order valence-electron chi connectivity index (χ1n) is 6.71. The maximum absolute atomic E-state index is 11.5. The Hall–Kier alpha value is -2.06. The monoisotopic (exact) mass is 392 g/mol. The number of halogens is 1. The van der Waals surface area contributed by atoms with Gasteiger partial charge in [0.1, 0.15) is 5.82 Å². The first kappa shape index (κ1) is 15.8. The van der Waals surface area contributed by atoms with Crippen LogP contribution in [0.15, 0.2) is 52.0 Å². The molecule has 2 aromatic heterocycles. The van der Waals surface area contributed by atoms with E-state index in [9.17, 15) is 8.42 Å². The largest absolute Gasteiger partial charge is 0.236 e. The number of hydrogen-bond acceptors (Lipinski definition) is 5.